The number of likely N-dealkylation sites (N-methyl/N-ethyl adjacent to an activating group) is 1. The number of hydrogen-bond acceptors (Lipinski definition) is 3. The normalized spacial score (nSPS) is 12.9. The second kappa shape index (κ2) is 5.19. The Bertz CT molecular complexity index is 472. The molecule has 1 atom stereocenters. The predicted molar refractivity (Wildman–Crippen MR) is 66.8 cm³/mol. The van der Waals surface area contributed by atoms with Crippen molar-refractivity contribution in [2.45, 2.75) is 26.3 Å². The van der Waals surface area contributed by atoms with Crippen molar-refractivity contribution in [1.82, 2.24) is 14.9 Å². The molecule has 1 unspecified atom stereocenters. The zero-order chi connectivity index (χ0) is 12.3. The van der Waals surface area contributed by atoms with E-state index < -0.39 is 0 Å². The van der Waals surface area contributed by atoms with Gasteiger partial charge in [-0.25, -0.2) is 4.98 Å². The lowest BCUT2D eigenvalue weighted by molar-refractivity contribution is 0.493. The molecule has 92 valence electrons. The van der Waals surface area contributed by atoms with E-state index in [1.165, 1.54) is 5.56 Å². The van der Waals surface area contributed by atoms with Gasteiger partial charge in [0.1, 0.15) is 11.6 Å². The van der Waals surface area contributed by atoms with Gasteiger partial charge in [0.15, 0.2) is 0 Å². The number of nitrogens with one attached hydrogen (secondary N) is 1. The van der Waals surface area contributed by atoms with Gasteiger partial charge in [0.25, 0.3) is 0 Å². The van der Waals surface area contributed by atoms with Crippen molar-refractivity contribution in [3.05, 3.63) is 41.9 Å². The molecule has 0 fully saturated rings. The Morgan fingerprint density at radius 2 is 2.35 bits per heavy atom. The highest BCUT2D eigenvalue weighted by Crippen LogP contribution is 2.21. The molecule has 0 saturated heterocycles. The molecule has 4 heteroatoms. The van der Waals surface area contributed by atoms with Crippen molar-refractivity contribution in [3.8, 4) is 0 Å². The van der Waals surface area contributed by atoms with Gasteiger partial charge in [-0.05, 0) is 19.5 Å². The quantitative estimate of drug-likeness (QED) is 0.861. The van der Waals surface area contributed by atoms with Gasteiger partial charge in [-0.2, -0.15) is 0 Å². The van der Waals surface area contributed by atoms with E-state index in [9.17, 15) is 0 Å². The molecule has 1 N–H and O–H groups in total. The summed E-state index contributed by atoms with van der Waals surface area (Å²) in [5.74, 6) is 2.06. The number of furan rings is 1. The minimum Gasteiger partial charge on any atom is -0.469 e. The summed E-state index contributed by atoms with van der Waals surface area (Å²) in [4.78, 5) is 4.37. The van der Waals surface area contributed by atoms with Crippen LogP contribution in [0.2, 0.25) is 0 Å². The summed E-state index contributed by atoms with van der Waals surface area (Å²) in [7, 11) is 2.02. The van der Waals surface area contributed by atoms with Crippen LogP contribution in [0.5, 0.6) is 0 Å². The van der Waals surface area contributed by atoms with Crippen LogP contribution in [0.15, 0.2) is 29.1 Å². The third-order valence-corrected chi connectivity index (χ3v) is 3.03. The maximum absolute atomic E-state index is 5.37. The van der Waals surface area contributed by atoms with Crippen molar-refractivity contribution in [2.24, 2.45) is 7.05 Å². The van der Waals surface area contributed by atoms with Crippen LogP contribution < -0.4 is 5.32 Å². The standard InChI is InChI=1S/C13H19N3O/c1-4-14-12(11-5-8-17-10(11)2)9-13-15-6-7-16(13)3/h5-8,12,14H,4,9H2,1-3H3. The Morgan fingerprint density at radius 3 is 2.88 bits per heavy atom. The van der Waals surface area contributed by atoms with Crippen LogP contribution >= 0.6 is 0 Å². The molecule has 17 heavy (non-hydrogen) atoms. The van der Waals surface area contributed by atoms with Gasteiger partial charge in [-0.3, -0.25) is 0 Å². The lowest BCUT2D eigenvalue weighted by atomic mass is 10.0. The Morgan fingerprint density at radius 1 is 1.53 bits per heavy atom. The summed E-state index contributed by atoms with van der Waals surface area (Å²) in [6.07, 6.45) is 6.42. The van der Waals surface area contributed by atoms with Crippen LogP contribution in [0.4, 0.5) is 0 Å². The first-order chi connectivity index (χ1) is 8.22. The molecular weight excluding hydrogens is 214 g/mol. The predicted octanol–water partition coefficient (Wildman–Crippen LogP) is 2.21. The summed E-state index contributed by atoms with van der Waals surface area (Å²) >= 11 is 0. The molecule has 0 aliphatic rings. The molecule has 2 rings (SSSR count). The van der Waals surface area contributed by atoms with Crippen molar-refractivity contribution < 1.29 is 4.42 Å². The number of nitrogens with zero attached hydrogens (tertiary/aromatic N) is 2. The minimum absolute atomic E-state index is 0.264. The summed E-state index contributed by atoms with van der Waals surface area (Å²) in [6, 6.07) is 2.30. The highest BCUT2D eigenvalue weighted by Gasteiger charge is 2.17. The van der Waals surface area contributed by atoms with Gasteiger partial charge in [-0.1, -0.05) is 6.92 Å². The molecule has 0 aliphatic heterocycles. The van der Waals surface area contributed by atoms with E-state index in [-0.39, 0.29) is 6.04 Å². The molecule has 0 bridgehead atoms. The van der Waals surface area contributed by atoms with E-state index in [4.69, 9.17) is 4.42 Å². The fourth-order valence-electron chi connectivity index (χ4n) is 2.07. The third-order valence-electron chi connectivity index (χ3n) is 3.03. The van der Waals surface area contributed by atoms with Crippen molar-refractivity contribution >= 4 is 0 Å². The molecule has 0 aliphatic carbocycles. The summed E-state index contributed by atoms with van der Waals surface area (Å²) in [5, 5.41) is 3.48. The molecule has 2 aromatic heterocycles. The first kappa shape index (κ1) is 11.9. The molecule has 0 saturated carbocycles. The molecule has 2 heterocycles. The Hall–Kier alpha value is -1.55. The zero-order valence-corrected chi connectivity index (χ0v) is 10.6. The number of rotatable bonds is 5. The molecule has 0 aromatic carbocycles. The number of aromatic nitrogens is 2. The number of imidazole rings is 1. The van der Waals surface area contributed by atoms with E-state index in [1.807, 2.05) is 32.4 Å². The topological polar surface area (TPSA) is 43.0 Å². The second-order valence-corrected chi connectivity index (χ2v) is 4.20. The minimum atomic E-state index is 0.264. The molecule has 0 spiro atoms. The van der Waals surface area contributed by atoms with Gasteiger partial charge in [-0.15, -0.1) is 0 Å². The Kier molecular flexibility index (Phi) is 3.64. The van der Waals surface area contributed by atoms with Crippen LogP contribution in [0, 0.1) is 6.92 Å². The number of aryl methyl sites for hydroxylation is 2. The van der Waals surface area contributed by atoms with Gasteiger partial charge in [0, 0.05) is 37.5 Å². The molecule has 2 aromatic rings. The average Bonchev–Trinajstić information content (AvgIpc) is 2.88. The van der Waals surface area contributed by atoms with Gasteiger partial charge < -0.3 is 14.3 Å². The molecule has 0 amide bonds. The molecule has 0 radical (unpaired) electrons. The maximum Gasteiger partial charge on any atom is 0.110 e. The Balaban J connectivity index is 2.19. The van der Waals surface area contributed by atoms with E-state index in [2.05, 4.69) is 21.8 Å². The van der Waals surface area contributed by atoms with Crippen LogP contribution in [0.25, 0.3) is 0 Å². The fourth-order valence-corrected chi connectivity index (χ4v) is 2.07. The lowest BCUT2D eigenvalue weighted by Gasteiger charge is -2.17. The maximum atomic E-state index is 5.37. The number of hydrogen-bond donors (Lipinski definition) is 1. The van der Waals surface area contributed by atoms with E-state index >= 15 is 0 Å². The van der Waals surface area contributed by atoms with Crippen LogP contribution in [0.3, 0.4) is 0 Å². The molecule has 4 nitrogen and oxygen atoms in total. The Labute approximate surface area is 102 Å². The first-order valence-corrected chi connectivity index (χ1v) is 5.96. The highest BCUT2D eigenvalue weighted by molar-refractivity contribution is 5.21. The second-order valence-electron chi connectivity index (χ2n) is 4.20. The average molecular weight is 233 g/mol. The largest absolute Gasteiger partial charge is 0.469 e. The zero-order valence-electron chi connectivity index (χ0n) is 10.6. The van der Waals surface area contributed by atoms with Gasteiger partial charge in [0.05, 0.1) is 6.26 Å². The highest BCUT2D eigenvalue weighted by atomic mass is 16.3. The van der Waals surface area contributed by atoms with Crippen molar-refractivity contribution in [2.75, 3.05) is 6.54 Å². The molecular formula is C13H19N3O. The van der Waals surface area contributed by atoms with Gasteiger partial charge >= 0.3 is 0 Å². The monoisotopic (exact) mass is 233 g/mol. The van der Waals surface area contributed by atoms with Crippen molar-refractivity contribution in [1.29, 1.82) is 0 Å². The summed E-state index contributed by atoms with van der Waals surface area (Å²) in [6.45, 7) is 5.04. The van der Waals surface area contributed by atoms with Crippen molar-refractivity contribution in [3.63, 3.8) is 0 Å². The van der Waals surface area contributed by atoms with E-state index in [0.717, 1.165) is 24.6 Å². The summed E-state index contributed by atoms with van der Waals surface area (Å²) in [5.41, 5.74) is 1.22. The van der Waals surface area contributed by atoms with Crippen LogP contribution in [-0.2, 0) is 13.5 Å². The fraction of sp³-hybridized carbons (Fsp3) is 0.462. The van der Waals surface area contributed by atoms with Crippen LogP contribution in [-0.4, -0.2) is 16.1 Å². The first-order valence-electron chi connectivity index (χ1n) is 5.96. The summed E-state index contributed by atoms with van der Waals surface area (Å²) < 4.78 is 7.43. The van der Waals surface area contributed by atoms with Gasteiger partial charge in [0.2, 0.25) is 0 Å². The van der Waals surface area contributed by atoms with E-state index in [1.54, 1.807) is 6.26 Å². The van der Waals surface area contributed by atoms with E-state index in [0.29, 0.717) is 0 Å². The lowest BCUT2D eigenvalue weighted by Crippen LogP contribution is -2.24. The SMILES string of the molecule is CCNC(Cc1nccn1C)c1ccoc1C. The van der Waals surface area contributed by atoms with Crippen LogP contribution in [0.1, 0.15) is 30.1 Å². The third kappa shape index (κ3) is 2.58. The smallest absolute Gasteiger partial charge is 0.110 e.